The fraction of sp³-hybridized carbons (Fsp3) is 0.522. The van der Waals surface area contributed by atoms with Gasteiger partial charge in [-0.3, -0.25) is 4.79 Å². The molecule has 32 heavy (non-hydrogen) atoms. The molecule has 0 unspecified atom stereocenters. The number of ketones is 1. The molecule has 4 rings (SSSR count). The predicted octanol–water partition coefficient (Wildman–Crippen LogP) is 4.56. The third-order valence-electron chi connectivity index (χ3n) is 6.32. The lowest BCUT2D eigenvalue weighted by Crippen LogP contribution is -2.27. The summed E-state index contributed by atoms with van der Waals surface area (Å²) in [6.45, 7) is 3.78. The maximum absolute atomic E-state index is 13.4. The van der Waals surface area contributed by atoms with Gasteiger partial charge in [0.2, 0.25) is 0 Å². The Bertz CT molecular complexity index is 1090. The number of carbonyl (C=O) groups is 1. The van der Waals surface area contributed by atoms with E-state index in [0.717, 1.165) is 54.0 Å². The van der Waals surface area contributed by atoms with Gasteiger partial charge in [-0.2, -0.15) is 4.39 Å². The number of aromatic nitrogens is 1. The lowest BCUT2D eigenvalue weighted by atomic mass is 9.84. The molecule has 0 N–H and O–H groups in total. The van der Waals surface area contributed by atoms with Gasteiger partial charge in [0.05, 0.1) is 27.8 Å². The molecule has 0 radical (unpaired) electrons. The van der Waals surface area contributed by atoms with Crippen molar-refractivity contribution in [1.82, 2.24) is 9.88 Å². The number of hydrogen-bond donors (Lipinski definition) is 0. The zero-order valence-corrected chi connectivity index (χ0v) is 20.4. The molecule has 2 atom stereocenters. The normalized spacial score (nSPS) is 19.8. The molecule has 1 aliphatic carbocycles. The molecular weight excluding hydrogens is 467 g/mol. The summed E-state index contributed by atoms with van der Waals surface area (Å²) in [6.07, 6.45) is 5.09. The first-order valence-electron chi connectivity index (χ1n) is 11.0. The van der Waals surface area contributed by atoms with Gasteiger partial charge in [0.1, 0.15) is 10.8 Å². The standard InChI is InChI=1S/C23H27FN2O3S3/c1-2-23(30)26-10-9-15(14-26)11-19(20(27)12-22-25-13-21(24)31-22)16-3-5-17(6-4-16)32(28,29)18-7-8-18/h3-6,13,15,18-19H,2,7-12,14H2,1H3/t15-,19-/m1/s1. The van der Waals surface area contributed by atoms with Crippen molar-refractivity contribution >= 4 is 44.2 Å². The van der Waals surface area contributed by atoms with Gasteiger partial charge in [0, 0.05) is 19.0 Å². The van der Waals surface area contributed by atoms with Crippen LogP contribution in [-0.2, 0) is 21.1 Å². The smallest absolute Gasteiger partial charge is 0.196 e. The predicted molar refractivity (Wildman–Crippen MR) is 127 cm³/mol. The van der Waals surface area contributed by atoms with Crippen molar-refractivity contribution in [3.05, 3.63) is 46.2 Å². The minimum atomic E-state index is -3.27. The molecule has 9 heteroatoms. The summed E-state index contributed by atoms with van der Waals surface area (Å²) >= 11 is 6.34. The van der Waals surface area contributed by atoms with Crippen LogP contribution in [0.3, 0.4) is 0 Å². The third kappa shape index (κ3) is 5.26. The second-order valence-corrected chi connectivity index (χ2v) is 12.4. The fourth-order valence-electron chi connectivity index (χ4n) is 4.36. The molecular formula is C23H27FN2O3S3. The van der Waals surface area contributed by atoms with E-state index in [1.807, 2.05) is 6.92 Å². The number of rotatable bonds is 9. The summed E-state index contributed by atoms with van der Waals surface area (Å²) in [5.74, 6) is -0.0928. The van der Waals surface area contributed by atoms with E-state index in [-0.39, 0.29) is 23.4 Å². The quantitative estimate of drug-likeness (QED) is 0.476. The molecule has 1 saturated heterocycles. The fourth-order valence-corrected chi connectivity index (χ4v) is 6.84. The molecule has 1 aromatic heterocycles. The van der Waals surface area contributed by atoms with Gasteiger partial charge < -0.3 is 4.90 Å². The first kappa shape index (κ1) is 23.4. The van der Waals surface area contributed by atoms with Crippen LogP contribution in [-0.4, -0.2) is 47.4 Å². The van der Waals surface area contributed by atoms with Crippen LogP contribution in [0.15, 0.2) is 35.4 Å². The summed E-state index contributed by atoms with van der Waals surface area (Å²) in [7, 11) is -3.27. The molecule has 172 valence electrons. The lowest BCUT2D eigenvalue weighted by Gasteiger charge is -2.22. The Hall–Kier alpha value is -1.71. The maximum atomic E-state index is 13.4. The molecule has 1 aromatic carbocycles. The van der Waals surface area contributed by atoms with Gasteiger partial charge in [-0.25, -0.2) is 13.4 Å². The number of nitrogens with zero attached hydrogens (tertiary/aromatic N) is 2. The third-order valence-corrected chi connectivity index (χ3v) is 9.93. The Morgan fingerprint density at radius 1 is 1.28 bits per heavy atom. The van der Waals surface area contributed by atoms with E-state index in [9.17, 15) is 17.6 Å². The molecule has 2 fully saturated rings. The van der Waals surface area contributed by atoms with E-state index in [1.54, 1.807) is 24.3 Å². The highest BCUT2D eigenvalue weighted by Crippen LogP contribution is 2.36. The lowest BCUT2D eigenvalue weighted by molar-refractivity contribution is -0.120. The number of hydrogen-bond acceptors (Lipinski definition) is 6. The molecule has 2 heterocycles. The maximum Gasteiger partial charge on any atom is 0.196 e. The second-order valence-electron chi connectivity index (χ2n) is 8.65. The number of benzene rings is 1. The van der Waals surface area contributed by atoms with Gasteiger partial charge in [-0.1, -0.05) is 42.6 Å². The van der Waals surface area contributed by atoms with Crippen molar-refractivity contribution in [2.75, 3.05) is 13.1 Å². The molecule has 0 amide bonds. The summed E-state index contributed by atoms with van der Waals surface area (Å²) in [5, 5.41) is -0.207. The van der Waals surface area contributed by atoms with Crippen molar-refractivity contribution in [3.63, 3.8) is 0 Å². The molecule has 1 aliphatic heterocycles. The van der Waals surface area contributed by atoms with E-state index in [4.69, 9.17) is 12.2 Å². The summed E-state index contributed by atoms with van der Waals surface area (Å²) < 4.78 is 38.4. The summed E-state index contributed by atoms with van der Waals surface area (Å²) in [5.41, 5.74) is 0.804. The van der Waals surface area contributed by atoms with E-state index in [2.05, 4.69) is 9.88 Å². The van der Waals surface area contributed by atoms with Crippen molar-refractivity contribution < 1.29 is 17.6 Å². The largest absolute Gasteiger partial charge is 0.366 e. The first-order chi connectivity index (χ1) is 15.3. The molecule has 0 bridgehead atoms. The average Bonchev–Trinajstić information content (AvgIpc) is 3.42. The van der Waals surface area contributed by atoms with Crippen LogP contribution in [0.2, 0.25) is 0 Å². The molecule has 2 aromatic rings. The number of likely N-dealkylation sites (tertiary alicyclic amines) is 1. The van der Waals surface area contributed by atoms with Gasteiger partial charge in [0.15, 0.2) is 15.0 Å². The molecule has 5 nitrogen and oxygen atoms in total. The van der Waals surface area contributed by atoms with Crippen LogP contribution >= 0.6 is 23.6 Å². The van der Waals surface area contributed by atoms with Gasteiger partial charge >= 0.3 is 0 Å². The van der Waals surface area contributed by atoms with E-state index in [1.165, 1.54) is 0 Å². The van der Waals surface area contributed by atoms with E-state index >= 15 is 0 Å². The first-order valence-corrected chi connectivity index (χ1v) is 13.8. The molecule has 2 aliphatic rings. The van der Waals surface area contributed by atoms with Crippen LogP contribution in [0.4, 0.5) is 4.39 Å². The highest BCUT2D eigenvalue weighted by molar-refractivity contribution is 7.92. The Kier molecular flexibility index (Phi) is 7.07. The van der Waals surface area contributed by atoms with Crippen molar-refractivity contribution in [2.45, 2.75) is 61.5 Å². The summed E-state index contributed by atoms with van der Waals surface area (Å²) in [6, 6.07) is 6.78. The van der Waals surface area contributed by atoms with Gasteiger partial charge in [-0.05, 0) is 55.7 Å². The Balaban J connectivity index is 1.54. The Morgan fingerprint density at radius 2 is 2.00 bits per heavy atom. The summed E-state index contributed by atoms with van der Waals surface area (Å²) in [4.78, 5) is 20.7. The molecule has 0 spiro atoms. The highest BCUT2D eigenvalue weighted by Gasteiger charge is 2.37. The minimum Gasteiger partial charge on any atom is -0.366 e. The number of sulfone groups is 1. The highest BCUT2D eigenvalue weighted by atomic mass is 32.2. The van der Waals surface area contributed by atoms with Gasteiger partial charge in [-0.15, -0.1) is 0 Å². The van der Waals surface area contributed by atoms with Crippen molar-refractivity contribution in [3.8, 4) is 0 Å². The Labute approximate surface area is 198 Å². The number of carbonyl (C=O) groups excluding carboxylic acids is 1. The van der Waals surface area contributed by atoms with Crippen molar-refractivity contribution in [1.29, 1.82) is 0 Å². The molecule has 1 saturated carbocycles. The number of Topliss-reactive ketones (excluding diaryl/α,β-unsaturated/α-hetero) is 1. The minimum absolute atomic E-state index is 0.0198. The zero-order valence-electron chi connectivity index (χ0n) is 18.0. The zero-order chi connectivity index (χ0) is 22.9. The van der Waals surface area contributed by atoms with Gasteiger partial charge in [0.25, 0.3) is 0 Å². The number of thiazole rings is 1. The topological polar surface area (TPSA) is 67.3 Å². The van der Waals surface area contributed by atoms with Crippen molar-refractivity contribution in [2.24, 2.45) is 5.92 Å². The van der Waals surface area contributed by atoms with E-state index < -0.39 is 15.0 Å². The van der Waals surface area contributed by atoms with Crippen LogP contribution < -0.4 is 0 Å². The van der Waals surface area contributed by atoms with Crippen LogP contribution in [0.5, 0.6) is 0 Å². The van der Waals surface area contributed by atoms with Crippen LogP contribution in [0, 0.1) is 11.0 Å². The second kappa shape index (κ2) is 9.65. The van der Waals surface area contributed by atoms with E-state index in [0.29, 0.717) is 35.1 Å². The van der Waals surface area contributed by atoms with Crippen LogP contribution in [0.1, 0.15) is 55.5 Å². The average molecular weight is 495 g/mol. The van der Waals surface area contributed by atoms with Crippen LogP contribution in [0.25, 0.3) is 0 Å². The number of halogens is 1. The Morgan fingerprint density at radius 3 is 2.59 bits per heavy atom. The monoisotopic (exact) mass is 494 g/mol. The SMILES string of the molecule is CCC(=S)N1CC[C@H](C[C@@H](C(=O)Cc2ncc(F)s2)c2ccc(S(=O)(=O)C3CC3)cc2)C1. The number of thiocarbonyl (C=S) groups is 1.